The van der Waals surface area contributed by atoms with Crippen molar-refractivity contribution in [3.05, 3.63) is 76.6 Å². The monoisotopic (exact) mass is 395 g/mol. The maximum Gasteiger partial charge on any atom is 0.307 e. The Morgan fingerprint density at radius 2 is 1.86 bits per heavy atom. The van der Waals surface area contributed by atoms with Gasteiger partial charge in [0.15, 0.2) is 0 Å². The van der Waals surface area contributed by atoms with Crippen LogP contribution in [-0.4, -0.2) is 33.6 Å². The molecule has 10 nitrogen and oxygen atoms in total. The summed E-state index contributed by atoms with van der Waals surface area (Å²) in [5.74, 6) is -0.186. The standard InChI is InChI=1S/C19H17N5O5/c1-29-17-5-3-2-4-16(17)22-19(26)13-6-8-14(9-7-13)21-18(25)12-23-11-15(10-20-23)24(27)28/h2-11H,12H2,1H3,(H,21,25)(H,22,26). The molecule has 0 saturated heterocycles. The summed E-state index contributed by atoms with van der Waals surface area (Å²) in [6.45, 7) is -0.177. The molecule has 0 atom stereocenters. The Labute approximate surface area is 165 Å². The van der Waals surface area contributed by atoms with Crippen LogP contribution in [0.25, 0.3) is 0 Å². The van der Waals surface area contributed by atoms with E-state index in [0.29, 0.717) is 22.7 Å². The quantitative estimate of drug-likeness (QED) is 0.467. The number of nitrogens with zero attached hydrogens (tertiary/aromatic N) is 3. The van der Waals surface area contributed by atoms with E-state index in [1.165, 1.54) is 18.0 Å². The predicted molar refractivity (Wildman–Crippen MR) is 105 cm³/mol. The molecular weight excluding hydrogens is 378 g/mol. The number of aromatic nitrogens is 2. The molecule has 10 heteroatoms. The molecular formula is C19H17N5O5. The molecule has 0 bridgehead atoms. The zero-order valence-corrected chi connectivity index (χ0v) is 15.4. The van der Waals surface area contributed by atoms with Crippen molar-refractivity contribution in [2.75, 3.05) is 17.7 Å². The zero-order valence-electron chi connectivity index (χ0n) is 15.4. The van der Waals surface area contributed by atoms with Gasteiger partial charge in [0.05, 0.1) is 17.7 Å². The van der Waals surface area contributed by atoms with Crippen molar-refractivity contribution in [1.29, 1.82) is 0 Å². The van der Waals surface area contributed by atoms with Gasteiger partial charge in [-0.3, -0.25) is 24.4 Å². The Hall–Kier alpha value is -4.21. The summed E-state index contributed by atoms with van der Waals surface area (Å²) < 4.78 is 6.37. The Balaban J connectivity index is 1.59. The van der Waals surface area contributed by atoms with Crippen molar-refractivity contribution in [1.82, 2.24) is 9.78 Å². The lowest BCUT2D eigenvalue weighted by atomic mass is 10.2. The van der Waals surface area contributed by atoms with Gasteiger partial charge in [0.2, 0.25) is 5.91 Å². The number of nitro groups is 1. The second-order valence-corrected chi connectivity index (χ2v) is 5.93. The highest BCUT2D eigenvalue weighted by molar-refractivity contribution is 6.05. The van der Waals surface area contributed by atoms with Crippen LogP contribution < -0.4 is 15.4 Å². The summed E-state index contributed by atoms with van der Waals surface area (Å²) >= 11 is 0. The number of ether oxygens (including phenoxy) is 1. The summed E-state index contributed by atoms with van der Waals surface area (Å²) in [6, 6.07) is 13.4. The third-order valence-electron chi connectivity index (χ3n) is 3.92. The second-order valence-electron chi connectivity index (χ2n) is 5.93. The Bertz CT molecular complexity index is 1050. The fraction of sp³-hybridized carbons (Fsp3) is 0.105. The Morgan fingerprint density at radius 1 is 1.14 bits per heavy atom. The maximum atomic E-state index is 12.4. The molecule has 0 fully saturated rings. The first-order valence-electron chi connectivity index (χ1n) is 8.47. The number of benzene rings is 2. The minimum absolute atomic E-state index is 0.177. The van der Waals surface area contributed by atoms with Crippen LogP contribution in [0.2, 0.25) is 0 Å². The van der Waals surface area contributed by atoms with Crippen LogP contribution in [0.1, 0.15) is 10.4 Å². The lowest BCUT2D eigenvalue weighted by molar-refractivity contribution is -0.385. The fourth-order valence-corrected chi connectivity index (χ4v) is 2.53. The van der Waals surface area contributed by atoms with Crippen LogP contribution in [0.3, 0.4) is 0 Å². The summed E-state index contributed by atoms with van der Waals surface area (Å²) in [5.41, 5.74) is 1.23. The number of amides is 2. The van der Waals surface area contributed by atoms with Crippen molar-refractivity contribution < 1.29 is 19.2 Å². The van der Waals surface area contributed by atoms with Crippen molar-refractivity contribution in [2.24, 2.45) is 0 Å². The van der Waals surface area contributed by atoms with Crippen LogP contribution in [0.4, 0.5) is 17.1 Å². The lowest BCUT2D eigenvalue weighted by Gasteiger charge is -2.10. The average Bonchev–Trinajstić information content (AvgIpc) is 3.17. The average molecular weight is 395 g/mol. The Morgan fingerprint density at radius 3 is 2.52 bits per heavy atom. The van der Waals surface area contributed by atoms with Gasteiger partial charge in [-0.2, -0.15) is 5.10 Å². The van der Waals surface area contributed by atoms with E-state index in [0.717, 1.165) is 6.20 Å². The van der Waals surface area contributed by atoms with Gasteiger partial charge in [0, 0.05) is 11.3 Å². The predicted octanol–water partition coefficient (Wildman–Crippen LogP) is 2.69. The summed E-state index contributed by atoms with van der Waals surface area (Å²) in [7, 11) is 1.52. The highest BCUT2D eigenvalue weighted by atomic mass is 16.6. The van der Waals surface area contributed by atoms with E-state index in [1.807, 2.05) is 0 Å². The Kier molecular flexibility index (Phi) is 5.83. The van der Waals surface area contributed by atoms with Gasteiger partial charge in [-0.25, -0.2) is 0 Å². The molecule has 148 valence electrons. The third-order valence-corrected chi connectivity index (χ3v) is 3.92. The number of methoxy groups -OCH3 is 1. The molecule has 0 aliphatic heterocycles. The molecule has 0 spiro atoms. The molecule has 0 aliphatic rings. The summed E-state index contributed by atoms with van der Waals surface area (Å²) in [6.07, 6.45) is 2.24. The summed E-state index contributed by atoms with van der Waals surface area (Å²) in [4.78, 5) is 34.5. The molecule has 3 aromatic rings. The first kappa shape index (κ1) is 19.5. The van der Waals surface area contributed by atoms with Gasteiger partial charge < -0.3 is 15.4 Å². The van der Waals surface area contributed by atoms with Gasteiger partial charge in [-0.15, -0.1) is 0 Å². The lowest BCUT2D eigenvalue weighted by Crippen LogP contribution is -2.19. The number of carbonyl (C=O) groups is 2. The number of nitrogens with one attached hydrogen (secondary N) is 2. The number of anilines is 2. The smallest absolute Gasteiger partial charge is 0.307 e. The number of hydrogen-bond acceptors (Lipinski definition) is 6. The molecule has 0 radical (unpaired) electrons. The van der Waals surface area contributed by atoms with E-state index in [9.17, 15) is 19.7 Å². The molecule has 2 amide bonds. The van der Waals surface area contributed by atoms with Gasteiger partial charge in [0.1, 0.15) is 24.7 Å². The van der Waals surface area contributed by atoms with E-state index >= 15 is 0 Å². The van der Waals surface area contributed by atoms with Crippen LogP contribution in [-0.2, 0) is 11.3 Å². The highest BCUT2D eigenvalue weighted by Crippen LogP contribution is 2.23. The number of carbonyl (C=O) groups excluding carboxylic acids is 2. The first-order valence-corrected chi connectivity index (χ1v) is 8.47. The van der Waals surface area contributed by atoms with E-state index in [-0.39, 0.29) is 18.1 Å². The highest BCUT2D eigenvalue weighted by Gasteiger charge is 2.12. The van der Waals surface area contributed by atoms with E-state index in [4.69, 9.17) is 4.74 Å². The van der Waals surface area contributed by atoms with E-state index in [1.54, 1.807) is 48.5 Å². The number of para-hydroxylation sites is 2. The molecule has 0 saturated carbocycles. The van der Waals surface area contributed by atoms with Crippen molar-refractivity contribution >= 4 is 28.9 Å². The molecule has 1 aromatic heterocycles. The molecule has 0 aliphatic carbocycles. The fourth-order valence-electron chi connectivity index (χ4n) is 2.53. The molecule has 1 heterocycles. The minimum atomic E-state index is -0.587. The van der Waals surface area contributed by atoms with Crippen molar-refractivity contribution in [2.45, 2.75) is 6.54 Å². The van der Waals surface area contributed by atoms with Crippen molar-refractivity contribution in [3.63, 3.8) is 0 Å². The summed E-state index contributed by atoms with van der Waals surface area (Å²) in [5, 5.41) is 19.8. The van der Waals surface area contributed by atoms with E-state index < -0.39 is 10.8 Å². The molecule has 3 rings (SSSR count). The molecule has 2 N–H and O–H groups in total. The number of rotatable bonds is 7. The molecule has 29 heavy (non-hydrogen) atoms. The topological polar surface area (TPSA) is 128 Å². The van der Waals surface area contributed by atoms with Gasteiger partial charge in [0.25, 0.3) is 5.91 Å². The first-order chi connectivity index (χ1) is 14.0. The normalized spacial score (nSPS) is 10.2. The van der Waals surface area contributed by atoms with Crippen molar-refractivity contribution in [3.8, 4) is 5.75 Å². The molecule has 0 unspecified atom stereocenters. The van der Waals surface area contributed by atoms with Crippen LogP contribution >= 0.6 is 0 Å². The molecule has 2 aromatic carbocycles. The van der Waals surface area contributed by atoms with Crippen LogP contribution in [0, 0.1) is 10.1 Å². The van der Waals surface area contributed by atoms with Gasteiger partial charge in [-0.1, -0.05) is 12.1 Å². The largest absolute Gasteiger partial charge is 0.495 e. The SMILES string of the molecule is COc1ccccc1NC(=O)c1ccc(NC(=O)Cn2cc([N+](=O)[O-])cn2)cc1. The maximum absolute atomic E-state index is 12.4. The minimum Gasteiger partial charge on any atom is -0.495 e. The van der Waals surface area contributed by atoms with Crippen LogP contribution in [0.5, 0.6) is 5.75 Å². The van der Waals surface area contributed by atoms with Gasteiger partial charge in [-0.05, 0) is 36.4 Å². The third kappa shape index (κ3) is 4.95. The van der Waals surface area contributed by atoms with Crippen LogP contribution in [0.15, 0.2) is 60.9 Å². The van der Waals surface area contributed by atoms with E-state index in [2.05, 4.69) is 15.7 Å². The second kappa shape index (κ2) is 8.65. The zero-order chi connectivity index (χ0) is 20.8. The number of hydrogen-bond donors (Lipinski definition) is 2. The van der Waals surface area contributed by atoms with Gasteiger partial charge >= 0.3 is 5.69 Å².